The maximum atomic E-state index is 9.21. The molecule has 0 aliphatic carbocycles. The van der Waals surface area contributed by atoms with Gasteiger partial charge < -0.3 is 9.32 Å². The van der Waals surface area contributed by atoms with Crippen LogP contribution in [-0.2, 0) is 19.4 Å². The van der Waals surface area contributed by atoms with Crippen molar-refractivity contribution in [3.05, 3.63) is 34.0 Å². The van der Waals surface area contributed by atoms with Crippen LogP contribution in [0.15, 0.2) is 16.5 Å². The molecule has 0 unspecified atom stereocenters. The number of furan rings is 1. The molecule has 0 N–H and O–H groups in total. The normalized spacial score (nSPS) is 15.8. The van der Waals surface area contributed by atoms with E-state index in [4.69, 9.17) is 16.0 Å². The molecule has 0 amide bonds. The third-order valence-corrected chi connectivity index (χ3v) is 4.89. The number of rotatable bonds is 3. The van der Waals surface area contributed by atoms with Gasteiger partial charge in [-0.15, -0.1) is 0 Å². The first-order valence-corrected chi connectivity index (χ1v) is 8.10. The average molecular weight is 317 g/mol. The second kappa shape index (κ2) is 5.61. The predicted molar refractivity (Wildman–Crippen MR) is 89.0 cm³/mol. The Labute approximate surface area is 136 Å². The Morgan fingerprint density at radius 2 is 2.14 bits per heavy atom. The smallest absolute Gasteiger partial charge is 0.135 e. The van der Waals surface area contributed by atoms with Gasteiger partial charge in [0.15, 0.2) is 0 Å². The summed E-state index contributed by atoms with van der Waals surface area (Å²) in [5.41, 5.74) is 3.05. The van der Waals surface area contributed by atoms with E-state index in [1.165, 1.54) is 16.5 Å². The summed E-state index contributed by atoms with van der Waals surface area (Å²) in [5, 5.41) is 11.2. The zero-order chi connectivity index (χ0) is 15.9. The first kappa shape index (κ1) is 15.4. The Hall–Kier alpha value is -1.50. The van der Waals surface area contributed by atoms with Gasteiger partial charge in [0.1, 0.15) is 11.3 Å². The quantitative estimate of drug-likeness (QED) is 0.833. The van der Waals surface area contributed by atoms with Gasteiger partial charge in [0.25, 0.3) is 0 Å². The van der Waals surface area contributed by atoms with E-state index in [9.17, 15) is 5.26 Å². The van der Waals surface area contributed by atoms with Crippen LogP contribution >= 0.6 is 11.6 Å². The van der Waals surface area contributed by atoms with E-state index in [-0.39, 0.29) is 5.41 Å². The maximum Gasteiger partial charge on any atom is 0.135 e. The van der Waals surface area contributed by atoms with Crippen LogP contribution in [0.1, 0.15) is 37.2 Å². The molecule has 0 saturated heterocycles. The van der Waals surface area contributed by atoms with Crippen molar-refractivity contribution in [1.29, 1.82) is 5.26 Å². The van der Waals surface area contributed by atoms with Crippen molar-refractivity contribution < 1.29 is 4.42 Å². The van der Waals surface area contributed by atoms with E-state index < -0.39 is 0 Å². The molecule has 0 spiro atoms. The third-order valence-electron chi connectivity index (χ3n) is 4.54. The highest BCUT2D eigenvalue weighted by molar-refractivity contribution is 6.32. The van der Waals surface area contributed by atoms with Gasteiger partial charge >= 0.3 is 0 Å². The Balaban J connectivity index is 2.06. The summed E-state index contributed by atoms with van der Waals surface area (Å²) in [7, 11) is 2.13. The predicted octanol–water partition coefficient (Wildman–Crippen LogP) is 4.56. The molecule has 0 saturated carbocycles. The average Bonchev–Trinajstić information content (AvgIpc) is 2.71. The lowest BCUT2D eigenvalue weighted by atomic mass is 9.88. The van der Waals surface area contributed by atoms with Gasteiger partial charge in [-0.05, 0) is 51.4 Å². The van der Waals surface area contributed by atoms with Crippen LogP contribution in [-0.4, -0.2) is 18.5 Å². The number of likely N-dealkylation sites (N-methyl/N-ethyl adjacent to an activating group) is 1. The van der Waals surface area contributed by atoms with E-state index >= 15 is 0 Å². The van der Waals surface area contributed by atoms with Crippen LogP contribution in [0, 0.1) is 16.7 Å². The fraction of sp³-hybridized carbons (Fsp3) is 0.500. The second-order valence-electron chi connectivity index (χ2n) is 6.89. The zero-order valence-electron chi connectivity index (χ0n) is 13.4. The molecular weight excluding hydrogens is 296 g/mol. The monoisotopic (exact) mass is 316 g/mol. The minimum atomic E-state index is -0.331. The van der Waals surface area contributed by atoms with Crippen molar-refractivity contribution in [2.24, 2.45) is 5.41 Å². The summed E-state index contributed by atoms with van der Waals surface area (Å²) >= 11 is 6.41. The Morgan fingerprint density at radius 1 is 1.36 bits per heavy atom. The largest absolute Gasteiger partial charge is 0.461 e. The van der Waals surface area contributed by atoms with Crippen LogP contribution in [0.4, 0.5) is 0 Å². The summed E-state index contributed by atoms with van der Waals surface area (Å²) in [6.45, 7) is 5.82. The van der Waals surface area contributed by atoms with Crippen LogP contribution in [0.2, 0.25) is 5.02 Å². The SMILES string of the molecule is CN1CCc2c(Cl)ccc3oc(CCC(C)(C)C#N)c(c23)C1. The van der Waals surface area contributed by atoms with Crippen LogP contribution in [0.25, 0.3) is 11.0 Å². The molecule has 3 nitrogen and oxygen atoms in total. The van der Waals surface area contributed by atoms with Crippen molar-refractivity contribution in [3.63, 3.8) is 0 Å². The minimum absolute atomic E-state index is 0.331. The molecule has 2 heterocycles. The first-order chi connectivity index (χ1) is 10.4. The van der Waals surface area contributed by atoms with E-state index in [1.807, 2.05) is 26.0 Å². The molecule has 1 aliphatic heterocycles. The van der Waals surface area contributed by atoms with Gasteiger partial charge in [-0.3, -0.25) is 0 Å². The van der Waals surface area contributed by atoms with E-state index in [0.29, 0.717) is 0 Å². The van der Waals surface area contributed by atoms with Crippen molar-refractivity contribution in [2.75, 3.05) is 13.6 Å². The number of halogens is 1. The van der Waals surface area contributed by atoms with Crippen molar-refractivity contribution in [2.45, 2.75) is 39.7 Å². The summed E-state index contributed by atoms with van der Waals surface area (Å²) < 4.78 is 6.11. The lowest BCUT2D eigenvalue weighted by Gasteiger charge is -2.16. The first-order valence-electron chi connectivity index (χ1n) is 7.73. The molecule has 1 aliphatic rings. The fourth-order valence-electron chi connectivity index (χ4n) is 3.10. The van der Waals surface area contributed by atoms with Gasteiger partial charge in [0.05, 0.1) is 11.5 Å². The second-order valence-corrected chi connectivity index (χ2v) is 7.29. The Kier molecular flexibility index (Phi) is 3.92. The third kappa shape index (κ3) is 2.74. The molecule has 22 heavy (non-hydrogen) atoms. The summed E-state index contributed by atoms with van der Waals surface area (Å²) in [4.78, 5) is 2.31. The molecular formula is C18H21ClN2O. The summed E-state index contributed by atoms with van der Waals surface area (Å²) in [6.07, 6.45) is 2.53. The number of nitrogens with zero attached hydrogens (tertiary/aromatic N) is 2. The zero-order valence-corrected chi connectivity index (χ0v) is 14.1. The van der Waals surface area contributed by atoms with Gasteiger partial charge in [0.2, 0.25) is 0 Å². The van der Waals surface area contributed by atoms with E-state index in [2.05, 4.69) is 18.0 Å². The van der Waals surface area contributed by atoms with E-state index in [0.717, 1.165) is 48.7 Å². The lowest BCUT2D eigenvalue weighted by Crippen LogP contribution is -2.19. The standard InChI is InChI=1S/C18H21ClN2O/c1-18(2,11-20)8-6-15-13-10-21(3)9-7-12-14(19)4-5-16(22-15)17(12)13/h4-5H,6-10H2,1-3H3. The van der Waals surface area contributed by atoms with Crippen LogP contribution in [0.5, 0.6) is 0 Å². The van der Waals surface area contributed by atoms with Gasteiger partial charge in [-0.2, -0.15) is 5.26 Å². The van der Waals surface area contributed by atoms with Crippen molar-refractivity contribution in [1.82, 2.24) is 4.90 Å². The van der Waals surface area contributed by atoms with Crippen LogP contribution in [0.3, 0.4) is 0 Å². The maximum absolute atomic E-state index is 9.21. The number of benzene rings is 1. The fourth-order valence-corrected chi connectivity index (χ4v) is 3.35. The molecule has 0 bridgehead atoms. The highest BCUT2D eigenvalue weighted by Crippen LogP contribution is 2.37. The molecule has 0 radical (unpaired) electrons. The topological polar surface area (TPSA) is 40.2 Å². The molecule has 1 aromatic heterocycles. The Bertz CT molecular complexity index is 755. The Morgan fingerprint density at radius 3 is 2.86 bits per heavy atom. The highest BCUT2D eigenvalue weighted by atomic mass is 35.5. The van der Waals surface area contributed by atoms with Crippen molar-refractivity contribution >= 4 is 22.6 Å². The molecule has 1 aromatic carbocycles. The van der Waals surface area contributed by atoms with Crippen LogP contribution < -0.4 is 0 Å². The molecule has 2 aromatic rings. The lowest BCUT2D eigenvalue weighted by molar-refractivity contribution is 0.330. The minimum Gasteiger partial charge on any atom is -0.461 e. The molecule has 3 rings (SSSR count). The molecule has 0 fully saturated rings. The van der Waals surface area contributed by atoms with E-state index in [1.54, 1.807) is 0 Å². The van der Waals surface area contributed by atoms with Gasteiger partial charge in [-0.1, -0.05) is 11.6 Å². The highest BCUT2D eigenvalue weighted by Gasteiger charge is 2.25. The summed E-state index contributed by atoms with van der Waals surface area (Å²) in [6, 6.07) is 6.26. The molecule has 116 valence electrons. The number of hydrogen-bond acceptors (Lipinski definition) is 3. The van der Waals surface area contributed by atoms with Gasteiger partial charge in [0, 0.05) is 35.5 Å². The van der Waals surface area contributed by atoms with Gasteiger partial charge in [-0.25, -0.2) is 0 Å². The number of nitriles is 1. The number of aryl methyl sites for hydroxylation is 1. The number of hydrogen-bond donors (Lipinski definition) is 0. The molecule has 0 atom stereocenters. The van der Waals surface area contributed by atoms with Crippen molar-refractivity contribution in [3.8, 4) is 6.07 Å². The molecule has 4 heteroatoms. The summed E-state index contributed by atoms with van der Waals surface area (Å²) in [5.74, 6) is 1.01.